The van der Waals surface area contributed by atoms with Crippen LogP contribution in [0.5, 0.6) is 0 Å². The van der Waals surface area contributed by atoms with Gasteiger partial charge in [-0.1, -0.05) is 48.5 Å². The van der Waals surface area contributed by atoms with Crippen molar-refractivity contribution in [2.24, 2.45) is 21.9 Å². The molecule has 0 saturated carbocycles. The molecule has 0 aliphatic heterocycles. The number of fused-ring (bicyclic) bond motifs is 2. The Hall–Kier alpha value is -5.64. The molecule has 1 aliphatic rings. The number of hydrazone groups is 2. The van der Waals surface area contributed by atoms with Gasteiger partial charge < -0.3 is 32.5 Å². The molecule has 10 nitrogen and oxygen atoms in total. The van der Waals surface area contributed by atoms with Gasteiger partial charge in [-0.05, 0) is 36.4 Å². The third-order valence-electron chi connectivity index (χ3n) is 6.22. The molecule has 0 heterocycles. The zero-order valence-corrected chi connectivity index (χ0v) is 19.8. The molecule has 10 heteroatoms. The molecule has 0 bridgehead atoms. The van der Waals surface area contributed by atoms with E-state index < -0.39 is 11.9 Å². The van der Waals surface area contributed by atoms with Crippen LogP contribution in [0.4, 0.5) is 22.7 Å². The van der Waals surface area contributed by atoms with Gasteiger partial charge in [0.2, 0.25) is 0 Å². The van der Waals surface area contributed by atoms with Gasteiger partial charge in [-0.25, -0.2) is 9.59 Å². The summed E-state index contributed by atoms with van der Waals surface area (Å²) in [6, 6.07) is 23.9. The Balaban J connectivity index is 1.67. The Kier molecular flexibility index (Phi) is 6.20. The van der Waals surface area contributed by atoms with E-state index >= 15 is 0 Å². The summed E-state index contributed by atoms with van der Waals surface area (Å²) in [5, 5.41) is 33.9. The van der Waals surface area contributed by atoms with Crippen LogP contribution in [-0.2, 0) is 0 Å². The normalized spacial score (nSPS) is 14.0. The molecule has 0 fully saturated rings. The number of nitrogens with zero attached hydrogens (tertiary/aromatic N) is 2. The molecule has 4 aromatic rings. The Morgan fingerprint density at radius 3 is 1.29 bits per heavy atom. The number of nitrogens with one attached hydrogen (secondary N) is 2. The van der Waals surface area contributed by atoms with E-state index in [0.29, 0.717) is 56.4 Å². The number of para-hydroxylation sites is 2. The van der Waals surface area contributed by atoms with Gasteiger partial charge in [0.25, 0.3) is 0 Å². The molecule has 0 atom stereocenters. The third kappa shape index (κ3) is 4.05. The number of aromatic carboxylic acids is 2. The second-order valence-electron chi connectivity index (χ2n) is 8.36. The smallest absolute Gasteiger partial charge is 0.337 e. The van der Waals surface area contributed by atoms with Gasteiger partial charge in [0.1, 0.15) is 11.4 Å². The minimum atomic E-state index is -1.07. The maximum Gasteiger partial charge on any atom is 0.337 e. The summed E-state index contributed by atoms with van der Waals surface area (Å²) in [7, 11) is 0. The Morgan fingerprint density at radius 2 is 0.921 bits per heavy atom. The molecular weight excluding hydrogens is 484 g/mol. The first-order valence-electron chi connectivity index (χ1n) is 11.5. The topological polar surface area (TPSA) is 175 Å². The SMILES string of the molecule is N/N=C1\c2cccc(Nc3ccccc3C(=O)O)c2/C(=N/N)c2cccc(Nc3ccccc3C(=O)O)c21. The van der Waals surface area contributed by atoms with Gasteiger partial charge in [-0.2, -0.15) is 10.2 Å². The summed E-state index contributed by atoms with van der Waals surface area (Å²) in [6.45, 7) is 0. The van der Waals surface area contributed by atoms with E-state index in [1.54, 1.807) is 60.7 Å². The lowest BCUT2D eigenvalue weighted by Crippen LogP contribution is -2.26. The Morgan fingerprint density at radius 1 is 0.553 bits per heavy atom. The highest BCUT2D eigenvalue weighted by Gasteiger charge is 2.31. The average Bonchev–Trinajstić information content (AvgIpc) is 2.92. The van der Waals surface area contributed by atoms with E-state index in [1.165, 1.54) is 12.1 Å². The molecule has 1 aliphatic carbocycles. The van der Waals surface area contributed by atoms with Crippen LogP contribution in [0, 0.1) is 0 Å². The number of carboxylic acid groups (broad SMARTS) is 2. The molecule has 188 valence electrons. The number of nitrogens with two attached hydrogens (primary N) is 2. The lowest BCUT2D eigenvalue weighted by atomic mass is 9.81. The first-order chi connectivity index (χ1) is 18.4. The highest BCUT2D eigenvalue weighted by atomic mass is 16.4. The molecule has 0 unspecified atom stereocenters. The first kappa shape index (κ1) is 24.1. The zero-order chi connectivity index (χ0) is 26.8. The highest BCUT2D eigenvalue weighted by molar-refractivity contribution is 6.35. The van der Waals surface area contributed by atoms with Gasteiger partial charge >= 0.3 is 11.9 Å². The monoisotopic (exact) mass is 506 g/mol. The molecule has 0 spiro atoms. The summed E-state index contributed by atoms with van der Waals surface area (Å²) in [4.78, 5) is 23.5. The van der Waals surface area contributed by atoms with Crippen molar-refractivity contribution < 1.29 is 19.8 Å². The molecule has 0 saturated heterocycles. The molecule has 0 amide bonds. The number of benzene rings is 4. The summed E-state index contributed by atoms with van der Waals surface area (Å²) in [6.07, 6.45) is 0. The van der Waals surface area contributed by atoms with Gasteiger partial charge in [-0.15, -0.1) is 0 Å². The van der Waals surface area contributed by atoms with Crippen LogP contribution in [-0.4, -0.2) is 33.6 Å². The van der Waals surface area contributed by atoms with Crippen molar-refractivity contribution in [3.8, 4) is 0 Å². The number of carboxylic acids is 2. The van der Waals surface area contributed by atoms with Crippen molar-refractivity contribution in [2.45, 2.75) is 0 Å². The lowest BCUT2D eigenvalue weighted by molar-refractivity contribution is 0.0687. The van der Waals surface area contributed by atoms with Crippen molar-refractivity contribution in [3.63, 3.8) is 0 Å². The summed E-state index contributed by atoms with van der Waals surface area (Å²) in [5.74, 6) is 9.70. The largest absolute Gasteiger partial charge is 0.478 e. The standard InChI is InChI=1S/C28H22N6O4/c29-33-25-18-10-6-14-22(32-20-12-4-2-8-16(20)28(37)38)24(18)26(34-30)17-9-5-13-21(23(17)25)31-19-11-3-1-7-15(19)27(35)36/h1-14,31-32H,29-30H2,(H,35,36)(H,37,38)/b33-25+,34-26+. The second-order valence-corrected chi connectivity index (χ2v) is 8.36. The van der Waals surface area contributed by atoms with E-state index in [9.17, 15) is 19.8 Å². The summed E-state index contributed by atoms with van der Waals surface area (Å²) in [5.41, 5.74) is 5.36. The van der Waals surface area contributed by atoms with Crippen LogP contribution in [0.3, 0.4) is 0 Å². The van der Waals surface area contributed by atoms with Gasteiger partial charge in [0.15, 0.2) is 0 Å². The van der Waals surface area contributed by atoms with Crippen LogP contribution in [0.15, 0.2) is 95.1 Å². The van der Waals surface area contributed by atoms with Gasteiger partial charge in [0.05, 0.1) is 22.5 Å². The second kappa shape index (κ2) is 9.78. The fourth-order valence-electron chi connectivity index (χ4n) is 4.60. The summed E-state index contributed by atoms with van der Waals surface area (Å²) >= 11 is 0. The van der Waals surface area contributed by atoms with Crippen LogP contribution in [0.25, 0.3) is 0 Å². The van der Waals surface area contributed by atoms with Crippen LogP contribution < -0.4 is 22.3 Å². The van der Waals surface area contributed by atoms with Crippen molar-refractivity contribution in [1.29, 1.82) is 0 Å². The van der Waals surface area contributed by atoms with Crippen molar-refractivity contribution in [2.75, 3.05) is 10.6 Å². The fraction of sp³-hybridized carbons (Fsp3) is 0. The predicted octanol–water partition coefficient (Wildman–Crippen LogP) is 4.31. The van der Waals surface area contributed by atoms with Gasteiger partial charge in [-0.3, -0.25) is 0 Å². The molecule has 38 heavy (non-hydrogen) atoms. The van der Waals surface area contributed by atoms with Crippen molar-refractivity contribution in [3.05, 3.63) is 118 Å². The van der Waals surface area contributed by atoms with Crippen LogP contribution in [0.2, 0.25) is 0 Å². The lowest BCUT2D eigenvalue weighted by Gasteiger charge is -2.27. The average molecular weight is 507 g/mol. The molecule has 5 rings (SSSR count). The van der Waals surface area contributed by atoms with Crippen molar-refractivity contribution >= 4 is 46.1 Å². The maximum atomic E-state index is 11.8. The van der Waals surface area contributed by atoms with Crippen LogP contribution >= 0.6 is 0 Å². The zero-order valence-electron chi connectivity index (χ0n) is 19.8. The van der Waals surface area contributed by atoms with Gasteiger partial charge in [0, 0.05) is 33.6 Å². The highest BCUT2D eigenvalue weighted by Crippen LogP contribution is 2.38. The van der Waals surface area contributed by atoms with E-state index in [0.717, 1.165) is 0 Å². The van der Waals surface area contributed by atoms with E-state index in [1.807, 2.05) is 12.1 Å². The molecule has 0 radical (unpaired) electrons. The number of hydrogen-bond acceptors (Lipinski definition) is 8. The molecule has 4 aromatic carbocycles. The third-order valence-corrected chi connectivity index (χ3v) is 6.22. The van der Waals surface area contributed by atoms with E-state index in [-0.39, 0.29) is 11.1 Å². The molecule has 0 aromatic heterocycles. The Bertz CT molecular complexity index is 1540. The molecular formula is C28H22N6O4. The minimum Gasteiger partial charge on any atom is -0.478 e. The Labute approximate surface area is 216 Å². The predicted molar refractivity (Wildman–Crippen MR) is 146 cm³/mol. The summed E-state index contributed by atoms with van der Waals surface area (Å²) < 4.78 is 0. The number of hydrogen-bond donors (Lipinski definition) is 6. The first-order valence-corrected chi connectivity index (χ1v) is 11.5. The van der Waals surface area contributed by atoms with Crippen molar-refractivity contribution in [1.82, 2.24) is 0 Å². The van der Waals surface area contributed by atoms with Crippen LogP contribution in [0.1, 0.15) is 43.0 Å². The fourth-order valence-corrected chi connectivity index (χ4v) is 4.60. The number of anilines is 4. The number of rotatable bonds is 6. The molecule has 8 N–H and O–H groups in total. The van der Waals surface area contributed by atoms with E-state index in [2.05, 4.69) is 20.8 Å². The number of carbonyl (C=O) groups is 2. The quantitative estimate of drug-likeness (QED) is 0.146. The maximum absolute atomic E-state index is 11.8. The minimum absolute atomic E-state index is 0.101. The van der Waals surface area contributed by atoms with E-state index in [4.69, 9.17) is 11.7 Å².